The van der Waals surface area contributed by atoms with E-state index in [0.717, 1.165) is 42.0 Å². The Balaban J connectivity index is 1.25. The Hall–Kier alpha value is -3.98. The Morgan fingerprint density at radius 1 is 1.13 bits per heavy atom. The van der Waals surface area contributed by atoms with E-state index in [2.05, 4.69) is 59.4 Å². The molecule has 3 aromatic heterocycles. The summed E-state index contributed by atoms with van der Waals surface area (Å²) in [5.74, 6) is 0.789. The molecule has 5 heterocycles. The van der Waals surface area contributed by atoms with E-state index in [9.17, 15) is 9.18 Å². The summed E-state index contributed by atoms with van der Waals surface area (Å²) in [6.07, 6.45) is 7.68. The number of fused-ring (bicyclic) bond motifs is 2. The van der Waals surface area contributed by atoms with Gasteiger partial charge in [0.05, 0.1) is 35.0 Å². The van der Waals surface area contributed by atoms with E-state index in [1.54, 1.807) is 12.4 Å². The zero-order valence-electron chi connectivity index (χ0n) is 22.8. The highest BCUT2D eigenvalue weighted by atomic mass is 19.1. The minimum absolute atomic E-state index is 0.125. The highest BCUT2D eigenvalue weighted by molar-refractivity contribution is 6.06. The average molecular weight is 528 g/mol. The molecule has 1 fully saturated rings. The molecule has 0 radical (unpaired) electrons. The molecule has 1 aromatic carbocycles. The molecule has 8 nitrogen and oxygen atoms in total. The van der Waals surface area contributed by atoms with Gasteiger partial charge >= 0.3 is 0 Å². The number of halogens is 1. The van der Waals surface area contributed by atoms with Gasteiger partial charge in [-0.2, -0.15) is 0 Å². The molecule has 1 atom stereocenters. The van der Waals surface area contributed by atoms with Crippen LogP contribution in [0.25, 0.3) is 16.9 Å². The highest BCUT2D eigenvalue weighted by Crippen LogP contribution is 2.36. The number of piperidine rings is 1. The van der Waals surface area contributed by atoms with Crippen molar-refractivity contribution in [1.29, 1.82) is 0 Å². The van der Waals surface area contributed by atoms with Gasteiger partial charge in [0.1, 0.15) is 17.3 Å². The predicted octanol–water partition coefficient (Wildman–Crippen LogP) is 5.08. The maximum Gasteiger partial charge on any atom is 0.254 e. The van der Waals surface area contributed by atoms with Gasteiger partial charge in [-0.3, -0.25) is 9.20 Å². The van der Waals surface area contributed by atoms with Crippen molar-refractivity contribution < 1.29 is 9.18 Å². The van der Waals surface area contributed by atoms with Crippen LogP contribution in [0, 0.1) is 11.7 Å². The first kappa shape index (κ1) is 25.3. The third-order valence-electron chi connectivity index (χ3n) is 8.67. The van der Waals surface area contributed by atoms with Crippen LogP contribution in [0.15, 0.2) is 55.0 Å². The molecule has 1 saturated heterocycles. The molecule has 39 heavy (non-hydrogen) atoms. The first-order valence-electron chi connectivity index (χ1n) is 13.4. The van der Waals surface area contributed by atoms with E-state index in [-0.39, 0.29) is 17.3 Å². The summed E-state index contributed by atoms with van der Waals surface area (Å²) in [6, 6.07) is 10.7. The second kappa shape index (κ2) is 9.64. The number of hydrogen-bond donors (Lipinski definition) is 2. The Bertz CT molecular complexity index is 1540. The first-order chi connectivity index (χ1) is 18.7. The normalized spacial score (nSPS) is 17.5. The lowest BCUT2D eigenvalue weighted by Crippen LogP contribution is -2.51. The lowest BCUT2D eigenvalue weighted by Gasteiger charge is -2.45. The fourth-order valence-corrected chi connectivity index (χ4v) is 5.79. The molecule has 0 saturated carbocycles. The number of hydrogen-bond acceptors (Lipinski definition) is 6. The number of aromatic nitrogens is 3. The van der Waals surface area contributed by atoms with E-state index >= 15 is 0 Å². The number of pyridine rings is 2. The van der Waals surface area contributed by atoms with Crippen LogP contribution in [-0.4, -0.2) is 57.9 Å². The van der Waals surface area contributed by atoms with Gasteiger partial charge in [-0.1, -0.05) is 6.07 Å². The number of benzene rings is 1. The van der Waals surface area contributed by atoms with Crippen molar-refractivity contribution in [2.75, 3.05) is 37.4 Å². The number of amides is 1. The minimum Gasteiger partial charge on any atom is -0.370 e. The minimum atomic E-state index is -0.336. The molecule has 1 amide bonds. The predicted molar refractivity (Wildman–Crippen MR) is 152 cm³/mol. The van der Waals surface area contributed by atoms with Gasteiger partial charge in [0.2, 0.25) is 0 Å². The van der Waals surface area contributed by atoms with Crippen molar-refractivity contribution in [3.05, 3.63) is 71.9 Å². The van der Waals surface area contributed by atoms with Crippen LogP contribution in [0.4, 0.5) is 21.6 Å². The molecule has 0 aliphatic carbocycles. The largest absolute Gasteiger partial charge is 0.370 e. The molecule has 0 unspecified atom stereocenters. The van der Waals surface area contributed by atoms with Crippen LogP contribution in [0.1, 0.15) is 42.6 Å². The maximum absolute atomic E-state index is 13.7. The lowest BCUT2D eigenvalue weighted by molar-refractivity contribution is 0.0966. The van der Waals surface area contributed by atoms with E-state index in [0.29, 0.717) is 35.2 Å². The van der Waals surface area contributed by atoms with Gasteiger partial charge < -0.3 is 20.4 Å². The summed E-state index contributed by atoms with van der Waals surface area (Å²) < 4.78 is 15.5. The number of anilines is 3. The van der Waals surface area contributed by atoms with Crippen molar-refractivity contribution >= 4 is 28.7 Å². The summed E-state index contributed by atoms with van der Waals surface area (Å²) in [5, 5.41) is 6.31. The van der Waals surface area contributed by atoms with Crippen LogP contribution >= 0.6 is 0 Å². The summed E-state index contributed by atoms with van der Waals surface area (Å²) in [6.45, 7) is 7.09. The number of nitrogens with one attached hydrogen (secondary N) is 2. The second-order valence-corrected chi connectivity index (χ2v) is 11.3. The first-order valence-corrected chi connectivity index (χ1v) is 13.4. The monoisotopic (exact) mass is 527 g/mol. The van der Waals surface area contributed by atoms with E-state index in [1.165, 1.54) is 18.6 Å². The van der Waals surface area contributed by atoms with Crippen LogP contribution in [-0.2, 0) is 6.54 Å². The van der Waals surface area contributed by atoms with Crippen LogP contribution in [0.3, 0.4) is 0 Å². The number of carbonyl (C=O) groups is 1. The summed E-state index contributed by atoms with van der Waals surface area (Å²) >= 11 is 0. The average Bonchev–Trinajstić information content (AvgIpc) is 3.53. The molecular formula is C30H34FN7O. The summed E-state index contributed by atoms with van der Waals surface area (Å²) in [7, 11) is 4.31. The molecule has 0 bridgehead atoms. The topological polar surface area (TPSA) is 77.8 Å². The van der Waals surface area contributed by atoms with Crippen molar-refractivity contribution in [3.8, 4) is 11.3 Å². The molecule has 2 aliphatic heterocycles. The van der Waals surface area contributed by atoms with E-state index < -0.39 is 0 Å². The molecule has 2 N–H and O–H groups in total. The van der Waals surface area contributed by atoms with Gasteiger partial charge in [0, 0.05) is 43.0 Å². The molecule has 6 rings (SSSR count). The van der Waals surface area contributed by atoms with E-state index in [1.807, 2.05) is 28.8 Å². The van der Waals surface area contributed by atoms with Gasteiger partial charge in [-0.25, -0.2) is 14.4 Å². The van der Waals surface area contributed by atoms with E-state index in [4.69, 9.17) is 4.98 Å². The molecule has 4 aromatic rings. The zero-order valence-corrected chi connectivity index (χ0v) is 22.8. The fraction of sp³-hybridized carbons (Fsp3) is 0.367. The van der Waals surface area contributed by atoms with Gasteiger partial charge in [-0.15, -0.1) is 0 Å². The smallest absolute Gasteiger partial charge is 0.254 e. The summed E-state index contributed by atoms with van der Waals surface area (Å²) in [4.78, 5) is 26.7. The quantitative estimate of drug-likeness (QED) is 0.364. The summed E-state index contributed by atoms with van der Waals surface area (Å²) in [5.41, 5.74) is 5.64. The highest BCUT2D eigenvalue weighted by Gasteiger charge is 2.35. The number of carbonyl (C=O) groups excluding carboxylic acids is 1. The van der Waals surface area contributed by atoms with Crippen LogP contribution < -0.4 is 15.5 Å². The zero-order chi connectivity index (χ0) is 27.3. The van der Waals surface area contributed by atoms with Gasteiger partial charge in [0.15, 0.2) is 0 Å². The van der Waals surface area contributed by atoms with Crippen molar-refractivity contribution in [3.63, 3.8) is 0 Å². The van der Waals surface area contributed by atoms with Crippen molar-refractivity contribution in [2.24, 2.45) is 5.92 Å². The molecule has 0 spiro atoms. The van der Waals surface area contributed by atoms with Gasteiger partial charge in [0.25, 0.3) is 5.91 Å². The number of imidazole rings is 1. The maximum atomic E-state index is 13.7. The van der Waals surface area contributed by atoms with Crippen LogP contribution in [0.2, 0.25) is 0 Å². The lowest BCUT2D eigenvalue weighted by atomic mass is 9.80. The molecule has 9 heteroatoms. The Morgan fingerprint density at radius 2 is 1.97 bits per heavy atom. The Kier molecular flexibility index (Phi) is 6.26. The fourth-order valence-electron chi connectivity index (χ4n) is 5.79. The third kappa shape index (κ3) is 4.50. The number of rotatable bonds is 6. The van der Waals surface area contributed by atoms with Crippen LogP contribution in [0.5, 0.6) is 0 Å². The van der Waals surface area contributed by atoms with Crippen molar-refractivity contribution in [1.82, 2.24) is 24.6 Å². The third-order valence-corrected chi connectivity index (χ3v) is 8.67. The van der Waals surface area contributed by atoms with Crippen molar-refractivity contribution in [2.45, 2.75) is 38.8 Å². The molecule has 202 valence electrons. The molecule has 2 aliphatic rings. The molecular weight excluding hydrogens is 493 g/mol. The Morgan fingerprint density at radius 3 is 2.74 bits per heavy atom. The number of nitrogens with zero attached hydrogens (tertiary/aromatic N) is 5. The Labute approximate surface area is 227 Å². The SMILES string of the molecule is CN(C)C(C)(C)[C@H]1CCCN(c2ccc(Nc3ccc(-c4cnc5cc(F)ccn45)c4c3C(=O)NC4)nc2)C1. The standard InChI is InChI=1S/C30H34FN7O/c1-30(2,36(3)4)19-6-5-12-37(18-19)21-7-10-26(32-15-21)35-24-9-8-22(23-16-34-29(39)28(23)24)25-17-33-27-14-20(31)11-13-38(25)27/h7-11,13-15,17,19H,5-6,12,16,18H2,1-4H3,(H,32,35)(H,34,39)/t19-/m0/s1. The van der Waals surface area contributed by atoms with Gasteiger partial charge in [-0.05, 0) is 76.5 Å². The second-order valence-electron chi connectivity index (χ2n) is 11.3.